The Morgan fingerprint density at radius 2 is 1.80 bits per heavy atom. The number of halogens is 1. The highest BCUT2D eigenvalue weighted by molar-refractivity contribution is 9.10. The maximum absolute atomic E-state index is 9.57. The Hall–Kier alpha value is -1.32. The summed E-state index contributed by atoms with van der Waals surface area (Å²) in [6, 6.07) is 16.3. The first kappa shape index (κ1) is 15.1. The molecule has 0 aliphatic carbocycles. The van der Waals surface area contributed by atoms with Crippen molar-refractivity contribution >= 4 is 15.9 Å². The molecule has 0 saturated heterocycles. The quantitative estimate of drug-likeness (QED) is 0.810. The normalized spacial score (nSPS) is 13.9. The summed E-state index contributed by atoms with van der Waals surface area (Å²) in [6.45, 7) is 4.30. The number of phenols is 1. The molecule has 2 rings (SSSR count). The molecule has 2 N–H and O–H groups in total. The molecule has 0 fully saturated rings. The second kappa shape index (κ2) is 6.91. The topological polar surface area (TPSA) is 32.3 Å². The molecule has 3 heteroatoms. The Balaban J connectivity index is 2.11. The molecule has 2 atom stereocenters. The van der Waals surface area contributed by atoms with E-state index in [0.29, 0.717) is 11.8 Å². The highest BCUT2D eigenvalue weighted by Crippen LogP contribution is 2.25. The van der Waals surface area contributed by atoms with Gasteiger partial charge in [-0.15, -0.1) is 0 Å². The molecule has 0 aliphatic rings. The number of aromatic hydroxyl groups is 1. The highest BCUT2D eigenvalue weighted by Gasteiger charge is 2.14. The molecule has 2 unspecified atom stereocenters. The third-order valence-corrected chi connectivity index (χ3v) is 4.03. The number of benzene rings is 2. The molecule has 0 bridgehead atoms. The summed E-state index contributed by atoms with van der Waals surface area (Å²) in [7, 11) is 0. The van der Waals surface area contributed by atoms with Crippen LogP contribution in [0.2, 0.25) is 0 Å². The summed E-state index contributed by atoms with van der Waals surface area (Å²) < 4.78 is 1.09. The molecular weight excluding hydrogens is 314 g/mol. The number of nitrogens with one attached hydrogen (secondary N) is 1. The highest BCUT2D eigenvalue weighted by atomic mass is 79.9. The zero-order valence-corrected chi connectivity index (χ0v) is 13.4. The van der Waals surface area contributed by atoms with E-state index < -0.39 is 0 Å². The molecule has 2 nitrogen and oxygen atoms in total. The van der Waals surface area contributed by atoms with Crippen LogP contribution in [0.4, 0.5) is 0 Å². The molecule has 0 heterocycles. The van der Waals surface area contributed by atoms with E-state index in [1.54, 1.807) is 6.07 Å². The van der Waals surface area contributed by atoms with Gasteiger partial charge in [-0.2, -0.15) is 0 Å². The van der Waals surface area contributed by atoms with Gasteiger partial charge >= 0.3 is 0 Å². The van der Waals surface area contributed by atoms with Gasteiger partial charge in [0, 0.05) is 16.6 Å². The van der Waals surface area contributed by atoms with Crippen molar-refractivity contribution in [2.24, 2.45) is 0 Å². The number of rotatable bonds is 5. The van der Waals surface area contributed by atoms with Gasteiger partial charge in [0.25, 0.3) is 0 Å². The van der Waals surface area contributed by atoms with E-state index in [0.717, 1.165) is 16.5 Å². The van der Waals surface area contributed by atoms with E-state index in [9.17, 15) is 5.11 Å². The second-order valence-corrected chi connectivity index (χ2v) is 5.91. The molecule has 0 aliphatic heterocycles. The van der Waals surface area contributed by atoms with Gasteiger partial charge in [-0.25, -0.2) is 0 Å². The first-order chi connectivity index (χ1) is 9.60. The van der Waals surface area contributed by atoms with Crippen LogP contribution in [0.1, 0.15) is 43.5 Å². The lowest BCUT2D eigenvalue weighted by molar-refractivity contribution is 0.449. The maximum atomic E-state index is 9.57. The van der Waals surface area contributed by atoms with E-state index in [2.05, 4.69) is 59.4 Å². The Morgan fingerprint density at radius 1 is 1.10 bits per heavy atom. The SMILES string of the molecule is CCC(NC(C)c1cccc(O)c1)c1ccc(Br)cc1. The Labute approximate surface area is 129 Å². The van der Waals surface area contributed by atoms with Gasteiger partial charge in [0.2, 0.25) is 0 Å². The lowest BCUT2D eigenvalue weighted by atomic mass is 10.0. The van der Waals surface area contributed by atoms with Crippen LogP contribution in [-0.2, 0) is 0 Å². The summed E-state index contributed by atoms with van der Waals surface area (Å²) in [6.07, 6.45) is 1.02. The van der Waals surface area contributed by atoms with Crippen molar-refractivity contribution in [3.8, 4) is 5.75 Å². The minimum atomic E-state index is 0.190. The van der Waals surface area contributed by atoms with Crippen LogP contribution < -0.4 is 5.32 Å². The molecule has 0 amide bonds. The van der Waals surface area contributed by atoms with Gasteiger partial charge in [-0.3, -0.25) is 0 Å². The number of hydrogen-bond acceptors (Lipinski definition) is 2. The van der Waals surface area contributed by atoms with Gasteiger partial charge in [-0.1, -0.05) is 47.1 Å². The van der Waals surface area contributed by atoms with Crippen molar-refractivity contribution in [1.29, 1.82) is 0 Å². The van der Waals surface area contributed by atoms with Crippen LogP contribution in [0.15, 0.2) is 53.0 Å². The van der Waals surface area contributed by atoms with Crippen molar-refractivity contribution in [2.75, 3.05) is 0 Å². The lowest BCUT2D eigenvalue weighted by Gasteiger charge is -2.23. The smallest absolute Gasteiger partial charge is 0.115 e. The summed E-state index contributed by atoms with van der Waals surface area (Å²) in [5.74, 6) is 0.313. The van der Waals surface area contributed by atoms with E-state index >= 15 is 0 Å². The molecular formula is C17H20BrNO. The van der Waals surface area contributed by atoms with Crippen LogP contribution >= 0.6 is 15.9 Å². The number of phenolic OH excluding ortho intramolecular Hbond substituents is 1. The van der Waals surface area contributed by atoms with Crippen molar-refractivity contribution in [3.05, 3.63) is 64.1 Å². The lowest BCUT2D eigenvalue weighted by Crippen LogP contribution is -2.24. The first-order valence-corrected chi connectivity index (χ1v) is 7.70. The van der Waals surface area contributed by atoms with Crippen molar-refractivity contribution < 1.29 is 5.11 Å². The third kappa shape index (κ3) is 3.84. The average molecular weight is 334 g/mol. The predicted octanol–water partition coefficient (Wildman–Crippen LogP) is 4.96. The van der Waals surface area contributed by atoms with E-state index in [4.69, 9.17) is 0 Å². The fraction of sp³-hybridized carbons (Fsp3) is 0.294. The molecule has 0 aromatic heterocycles. The van der Waals surface area contributed by atoms with Crippen LogP contribution in [0, 0.1) is 0 Å². The monoisotopic (exact) mass is 333 g/mol. The van der Waals surface area contributed by atoms with Crippen LogP contribution in [-0.4, -0.2) is 5.11 Å². The summed E-state index contributed by atoms with van der Waals surface area (Å²) in [4.78, 5) is 0. The predicted molar refractivity (Wildman–Crippen MR) is 86.8 cm³/mol. The standard InChI is InChI=1S/C17H20BrNO/c1-3-17(13-7-9-15(18)10-8-13)19-12(2)14-5-4-6-16(20)11-14/h4-12,17,19-20H,3H2,1-2H3. The molecule has 2 aromatic carbocycles. The minimum Gasteiger partial charge on any atom is -0.508 e. The fourth-order valence-corrected chi connectivity index (χ4v) is 2.60. The van der Waals surface area contributed by atoms with Gasteiger partial charge < -0.3 is 10.4 Å². The Morgan fingerprint density at radius 3 is 2.40 bits per heavy atom. The fourth-order valence-electron chi connectivity index (χ4n) is 2.34. The largest absolute Gasteiger partial charge is 0.508 e. The molecule has 2 aromatic rings. The van der Waals surface area contributed by atoms with Crippen LogP contribution in [0.5, 0.6) is 5.75 Å². The van der Waals surface area contributed by atoms with Crippen molar-refractivity contribution in [3.63, 3.8) is 0 Å². The maximum Gasteiger partial charge on any atom is 0.115 e. The first-order valence-electron chi connectivity index (χ1n) is 6.90. The van der Waals surface area contributed by atoms with Crippen LogP contribution in [0.25, 0.3) is 0 Å². The second-order valence-electron chi connectivity index (χ2n) is 5.00. The molecule has 0 saturated carbocycles. The zero-order valence-electron chi connectivity index (χ0n) is 11.8. The minimum absolute atomic E-state index is 0.190. The molecule has 0 spiro atoms. The molecule has 106 valence electrons. The molecule has 20 heavy (non-hydrogen) atoms. The van der Waals surface area contributed by atoms with Crippen molar-refractivity contribution in [2.45, 2.75) is 32.4 Å². The Bertz CT molecular complexity index is 553. The van der Waals surface area contributed by atoms with E-state index in [1.807, 2.05) is 18.2 Å². The summed E-state index contributed by atoms with van der Waals surface area (Å²) in [5.41, 5.74) is 2.38. The summed E-state index contributed by atoms with van der Waals surface area (Å²) in [5, 5.41) is 13.2. The van der Waals surface area contributed by atoms with E-state index in [-0.39, 0.29) is 6.04 Å². The Kier molecular flexibility index (Phi) is 5.21. The van der Waals surface area contributed by atoms with Gasteiger partial charge in [-0.05, 0) is 48.7 Å². The summed E-state index contributed by atoms with van der Waals surface area (Å²) >= 11 is 3.46. The van der Waals surface area contributed by atoms with E-state index in [1.165, 1.54) is 5.56 Å². The average Bonchev–Trinajstić information content (AvgIpc) is 2.45. The van der Waals surface area contributed by atoms with Gasteiger partial charge in [0.1, 0.15) is 5.75 Å². The van der Waals surface area contributed by atoms with Crippen LogP contribution in [0.3, 0.4) is 0 Å². The van der Waals surface area contributed by atoms with Gasteiger partial charge in [0.15, 0.2) is 0 Å². The third-order valence-electron chi connectivity index (χ3n) is 3.50. The number of hydrogen-bond donors (Lipinski definition) is 2. The van der Waals surface area contributed by atoms with Gasteiger partial charge in [0.05, 0.1) is 0 Å². The zero-order chi connectivity index (χ0) is 14.5. The van der Waals surface area contributed by atoms with Crippen molar-refractivity contribution in [1.82, 2.24) is 5.32 Å². The molecule has 0 radical (unpaired) electrons.